The van der Waals surface area contributed by atoms with Gasteiger partial charge in [0.2, 0.25) is 0 Å². The molecule has 0 atom stereocenters. The minimum Gasteiger partial charge on any atom is -0.457 e. The molecule has 0 aromatic heterocycles. The fourth-order valence-electron chi connectivity index (χ4n) is 1.43. The number of aldehydes is 1. The van der Waals surface area contributed by atoms with Crippen LogP contribution in [0.5, 0.6) is 11.5 Å². The van der Waals surface area contributed by atoms with Gasteiger partial charge in [-0.25, -0.2) is 4.39 Å². The number of rotatable bonds is 3. The van der Waals surface area contributed by atoms with Crippen molar-refractivity contribution < 1.29 is 13.9 Å². The molecule has 0 saturated carbocycles. The molecule has 0 heterocycles. The molecular weight excluding hydrogens is 219 g/mol. The van der Waals surface area contributed by atoms with Gasteiger partial charge in [-0.15, -0.1) is 0 Å². The molecule has 86 valence electrons. The predicted molar refractivity (Wildman–Crippen MR) is 63.0 cm³/mol. The van der Waals surface area contributed by atoms with E-state index in [0.717, 1.165) is 11.8 Å². The van der Waals surface area contributed by atoms with Crippen molar-refractivity contribution in [3.05, 3.63) is 59.4 Å². The molecule has 0 radical (unpaired) electrons. The molecule has 0 amide bonds. The van der Waals surface area contributed by atoms with Gasteiger partial charge in [0.05, 0.1) is 0 Å². The van der Waals surface area contributed by atoms with E-state index in [-0.39, 0.29) is 5.82 Å². The van der Waals surface area contributed by atoms with Crippen molar-refractivity contribution in [2.24, 2.45) is 0 Å². The highest BCUT2D eigenvalue weighted by molar-refractivity contribution is 5.74. The number of hydrogen-bond acceptors (Lipinski definition) is 2. The first kappa shape index (κ1) is 11.3. The first-order chi connectivity index (χ1) is 8.19. The zero-order chi connectivity index (χ0) is 12.3. The zero-order valence-corrected chi connectivity index (χ0v) is 9.31. The lowest BCUT2D eigenvalue weighted by Crippen LogP contribution is -1.89. The normalized spacial score (nSPS) is 10.0. The fourth-order valence-corrected chi connectivity index (χ4v) is 1.43. The van der Waals surface area contributed by atoms with Crippen LogP contribution in [0, 0.1) is 12.7 Å². The van der Waals surface area contributed by atoms with Crippen LogP contribution in [0.3, 0.4) is 0 Å². The Hall–Kier alpha value is -2.16. The molecule has 0 aliphatic rings. The number of carbonyl (C=O) groups excluding carboxylic acids is 1. The van der Waals surface area contributed by atoms with Crippen molar-refractivity contribution in [1.82, 2.24) is 0 Å². The Morgan fingerprint density at radius 1 is 1.12 bits per heavy atom. The number of carbonyl (C=O) groups is 1. The van der Waals surface area contributed by atoms with Crippen LogP contribution in [-0.2, 0) is 0 Å². The monoisotopic (exact) mass is 230 g/mol. The van der Waals surface area contributed by atoms with Crippen molar-refractivity contribution >= 4 is 6.29 Å². The molecule has 3 heteroatoms. The Morgan fingerprint density at radius 3 is 2.47 bits per heavy atom. The quantitative estimate of drug-likeness (QED) is 0.751. The van der Waals surface area contributed by atoms with Crippen molar-refractivity contribution in [1.29, 1.82) is 0 Å². The highest BCUT2D eigenvalue weighted by Gasteiger charge is 2.03. The molecule has 0 aliphatic carbocycles. The maximum Gasteiger partial charge on any atom is 0.150 e. The van der Waals surface area contributed by atoms with Crippen LogP contribution in [0.2, 0.25) is 0 Å². The summed E-state index contributed by atoms with van der Waals surface area (Å²) in [6.07, 6.45) is 0.761. The van der Waals surface area contributed by atoms with Gasteiger partial charge in [-0.05, 0) is 42.8 Å². The summed E-state index contributed by atoms with van der Waals surface area (Å²) in [6, 6.07) is 11.0. The maximum atomic E-state index is 13.0. The Kier molecular flexibility index (Phi) is 3.19. The van der Waals surface area contributed by atoms with Crippen LogP contribution in [-0.4, -0.2) is 6.29 Å². The summed E-state index contributed by atoms with van der Waals surface area (Å²) >= 11 is 0. The van der Waals surface area contributed by atoms with Gasteiger partial charge < -0.3 is 4.74 Å². The van der Waals surface area contributed by atoms with Crippen LogP contribution in [0.4, 0.5) is 4.39 Å². The molecule has 0 spiro atoms. The molecule has 2 aromatic carbocycles. The molecule has 0 saturated heterocycles. The standard InChI is InChI=1S/C14H11FO2/c1-10-2-5-12(15)8-14(10)17-13-6-3-11(9-16)4-7-13/h2-9H,1H3. The van der Waals surface area contributed by atoms with Gasteiger partial charge in [-0.1, -0.05) is 6.07 Å². The molecule has 0 aliphatic heterocycles. The Labute approximate surface area is 98.7 Å². The average molecular weight is 230 g/mol. The van der Waals surface area contributed by atoms with Crippen LogP contribution >= 0.6 is 0 Å². The highest BCUT2D eigenvalue weighted by atomic mass is 19.1. The highest BCUT2D eigenvalue weighted by Crippen LogP contribution is 2.25. The summed E-state index contributed by atoms with van der Waals surface area (Å²) in [7, 11) is 0. The Bertz CT molecular complexity index is 532. The van der Waals surface area contributed by atoms with E-state index < -0.39 is 0 Å². The van der Waals surface area contributed by atoms with Gasteiger partial charge in [-0.3, -0.25) is 4.79 Å². The Morgan fingerprint density at radius 2 is 1.82 bits per heavy atom. The molecule has 0 unspecified atom stereocenters. The SMILES string of the molecule is Cc1ccc(F)cc1Oc1ccc(C=O)cc1. The summed E-state index contributed by atoms with van der Waals surface area (Å²) in [4.78, 5) is 10.5. The second-order valence-electron chi connectivity index (χ2n) is 3.70. The topological polar surface area (TPSA) is 26.3 Å². The second kappa shape index (κ2) is 4.78. The lowest BCUT2D eigenvalue weighted by Gasteiger charge is -2.08. The molecule has 0 bridgehead atoms. The first-order valence-electron chi connectivity index (χ1n) is 5.18. The molecule has 0 fully saturated rings. The predicted octanol–water partition coefficient (Wildman–Crippen LogP) is 3.74. The van der Waals surface area contributed by atoms with Crippen molar-refractivity contribution in [2.75, 3.05) is 0 Å². The molecule has 2 aromatic rings. The van der Waals surface area contributed by atoms with E-state index in [1.165, 1.54) is 12.1 Å². The number of hydrogen-bond donors (Lipinski definition) is 0. The molecule has 0 N–H and O–H groups in total. The number of ether oxygens (including phenoxy) is 1. The lowest BCUT2D eigenvalue weighted by atomic mass is 10.2. The third-order valence-corrected chi connectivity index (χ3v) is 2.39. The van der Waals surface area contributed by atoms with E-state index in [1.54, 1.807) is 30.3 Å². The summed E-state index contributed by atoms with van der Waals surface area (Å²) in [6.45, 7) is 1.84. The van der Waals surface area contributed by atoms with Crippen molar-refractivity contribution in [3.8, 4) is 11.5 Å². The van der Waals surface area contributed by atoms with Gasteiger partial charge in [0.1, 0.15) is 23.6 Å². The number of aryl methyl sites for hydroxylation is 1. The zero-order valence-electron chi connectivity index (χ0n) is 9.31. The minimum atomic E-state index is -0.338. The molecule has 2 nitrogen and oxygen atoms in total. The third kappa shape index (κ3) is 2.69. The second-order valence-corrected chi connectivity index (χ2v) is 3.70. The van der Waals surface area contributed by atoms with Crippen LogP contribution in [0.1, 0.15) is 15.9 Å². The fraction of sp³-hybridized carbons (Fsp3) is 0.0714. The van der Waals surface area contributed by atoms with E-state index in [2.05, 4.69) is 0 Å². The van der Waals surface area contributed by atoms with Gasteiger partial charge in [0.15, 0.2) is 0 Å². The van der Waals surface area contributed by atoms with Crippen LogP contribution in [0.15, 0.2) is 42.5 Å². The number of benzene rings is 2. The van der Waals surface area contributed by atoms with E-state index in [9.17, 15) is 9.18 Å². The third-order valence-electron chi connectivity index (χ3n) is 2.39. The van der Waals surface area contributed by atoms with Gasteiger partial charge in [0.25, 0.3) is 0 Å². The maximum absolute atomic E-state index is 13.0. The largest absolute Gasteiger partial charge is 0.457 e. The number of halogens is 1. The van der Waals surface area contributed by atoms with Gasteiger partial charge >= 0.3 is 0 Å². The van der Waals surface area contributed by atoms with E-state index >= 15 is 0 Å². The Balaban J connectivity index is 2.24. The lowest BCUT2D eigenvalue weighted by molar-refractivity contribution is 0.112. The summed E-state index contributed by atoms with van der Waals surface area (Å²) in [5, 5.41) is 0. The first-order valence-corrected chi connectivity index (χ1v) is 5.18. The van der Waals surface area contributed by atoms with Crippen LogP contribution < -0.4 is 4.74 Å². The van der Waals surface area contributed by atoms with E-state index in [1.807, 2.05) is 6.92 Å². The van der Waals surface area contributed by atoms with Crippen LogP contribution in [0.25, 0.3) is 0 Å². The molecule has 2 rings (SSSR count). The van der Waals surface area contributed by atoms with Crippen molar-refractivity contribution in [3.63, 3.8) is 0 Å². The molecule has 17 heavy (non-hydrogen) atoms. The van der Waals surface area contributed by atoms with E-state index in [4.69, 9.17) is 4.74 Å². The summed E-state index contributed by atoms with van der Waals surface area (Å²) < 4.78 is 18.6. The van der Waals surface area contributed by atoms with Gasteiger partial charge in [-0.2, -0.15) is 0 Å². The average Bonchev–Trinajstić information content (AvgIpc) is 2.35. The summed E-state index contributed by atoms with van der Waals surface area (Å²) in [5.41, 5.74) is 1.43. The van der Waals surface area contributed by atoms with Crippen molar-refractivity contribution in [2.45, 2.75) is 6.92 Å². The van der Waals surface area contributed by atoms with Gasteiger partial charge in [0, 0.05) is 11.6 Å². The molecular formula is C14H11FO2. The van der Waals surface area contributed by atoms with E-state index in [0.29, 0.717) is 17.1 Å². The smallest absolute Gasteiger partial charge is 0.150 e. The summed E-state index contributed by atoms with van der Waals surface area (Å²) in [5.74, 6) is 0.711. The minimum absolute atomic E-state index is 0.338.